The molecule has 18 rings (SSSR count). The molecule has 0 radical (unpaired) electrons. The van der Waals surface area contributed by atoms with Gasteiger partial charge in [0.2, 0.25) is 0 Å². The van der Waals surface area contributed by atoms with Gasteiger partial charge in [-0.2, -0.15) is 0 Å². The van der Waals surface area contributed by atoms with Crippen LogP contribution in [0.4, 0.5) is 34.1 Å². The predicted molar refractivity (Wildman–Crippen MR) is 422 cm³/mol. The number of nitrogens with zero attached hydrogens (tertiary/aromatic N) is 2. The predicted octanol–water partition coefficient (Wildman–Crippen LogP) is 25.6. The summed E-state index contributed by atoms with van der Waals surface area (Å²) in [4.78, 5) is 4.82. The second kappa shape index (κ2) is 24.8. The van der Waals surface area contributed by atoms with Crippen molar-refractivity contribution in [2.75, 3.05) is 9.80 Å². The Morgan fingerprint density at radius 2 is 0.539 bits per heavy atom. The van der Waals surface area contributed by atoms with Gasteiger partial charge in [0.15, 0.2) is 0 Å². The third-order valence-electron chi connectivity index (χ3n) is 22.0. The van der Waals surface area contributed by atoms with Gasteiger partial charge >= 0.3 is 0 Å². The van der Waals surface area contributed by atoms with E-state index in [9.17, 15) is 5.11 Å². The molecule has 0 bridgehead atoms. The minimum Gasteiger partial charge on any atom is -0.457 e. The van der Waals surface area contributed by atoms with Crippen LogP contribution in [0.3, 0.4) is 0 Å². The molecule has 15 aromatic carbocycles. The molecule has 4 nitrogen and oxygen atoms in total. The second-order valence-electron chi connectivity index (χ2n) is 28.5. The lowest BCUT2D eigenvalue weighted by molar-refractivity contribution is 0.281. The molecule has 3 aliphatic rings. The Balaban J connectivity index is 0.745. The minimum atomic E-state index is -0.757. The highest BCUT2D eigenvalue weighted by atomic mass is 16.5. The van der Waals surface area contributed by atoms with E-state index in [1.165, 1.54) is 94.6 Å². The molecule has 0 aromatic heterocycles. The molecule has 0 aliphatic heterocycles. The van der Waals surface area contributed by atoms with Crippen molar-refractivity contribution in [3.63, 3.8) is 0 Å². The number of aliphatic hydroxyl groups excluding tert-OH is 1. The molecule has 0 saturated carbocycles. The number of ether oxygens (including phenoxy) is 1. The maximum Gasteiger partial charge on any atom is 0.127 e. The summed E-state index contributed by atoms with van der Waals surface area (Å²) >= 11 is 0. The molecule has 3 aliphatic carbocycles. The quantitative estimate of drug-likeness (QED) is 0.111. The fourth-order valence-electron chi connectivity index (χ4n) is 16.8. The van der Waals surface area contributed by atoms with Crippen molar-refractivity contribution in [2.45, 2.75) is 50.5 Å². The normalized spacial score (nSPS) is 13.6. The van der Waals surface area contributed by atoms with Crippen LogP contribution in [-0.2, 0) is 22.9 Å². The summed E-state index contributed by atoms with van der Waals surface area (Å²) < 4.78 is 6.53. The van der Waals surface area contributed by atoms with E-state index in [2.05, 4.69) is 371 Å². The van der Waals surface area contributed by atoms with Gasteiger partial charge in [0.1, 0.15) is 11.5 Å². The van der Waals surface area contributed by atoms with Gasteiger partial charge in [-0.15, -0.1) is 0 Å². The van der Waals surface area contributed by atoms with E-state index < -0.39 is 5.41 Å². The van der Waals surface area contributed by atoms with Crippen LogP contribution in [0.1, 0.15) is 77.8 Å². The van der Waals surface area contributed by atoms with Crippen molar-refractivity contribution < 1.29 is 9.84 Å². The summed E-state index contributed by atoms with van der Waals surface area (Å²) in [6, 6.07) is 131. The topological polar surface area (TPSA) is 35.9 Å². The largest absolute Gasteiger partial charge is 0.457 e. The van der Waals surface area contributed by atoms with E-state index in [1.807, 2.05) is 24.3 Å². The van der Waals surface area contributed by atoms with Crippen molar-refractivity contribution in [1.29, 1.82) is 0 Å². The van der Waals surface area contributed by atoms with E-state index >= 15 is 0 Å². The van der Waals surface area contributed by atoms with Crippen LogP contribution in [-0.4, -0.2) is 5.11 Å². The first-order valence-electron chi connectivity index (χ1n) is 35.4. The van der Waals surface area contributed by atoms with Crippen molar-refractivity contribution in [3.05, 3.63) is 408 Å². The van der Waals surface area contributed by atoms with Gasteiger partial charge < -0.3 is 19.6 Å². The molecule has 0 atom stereocenters. The number of rotatable bonds is 15. The molecule has 0 amide bonds. The maximum absolute atomic E-state index is 9.84. The molecule has 1 N–H and O–H groups in total. The van der Waals surface area contributed by atoms with Gasteiger partial charge in [-0.3, -0.25) is 0 Å². The van der Waals surface area contributed by atoms with Gasteiger partial charge in [-0.25, -0.2) is 0 Å². The Labute approximate surface area is 598 Å². The van der Waals surface area contributed by atoms with Gasteiger partial charge in [0, 0.05) is 45.0 Å². The first-order chi connectivity index (χ1) is 50.0. The molecule has 0 fully saturated rings. The van der Waals surface area contributed by atoms with Crippen molar-refractivity contribution in [3.8, 4) is 89.4 Å². The zero-order chi connectivity index (χ0) is 68.7. The lowest BCUT2D eigenvalue weighted by Gasteiger charge is -2.34. The van der Waals surface area contributed by atoms with Gasteiger partial charge in [-0.1, -0.05) is 276 Å². The molecule has 15 aromatic rings. The van der Waals surface area contributed by atoms with Crippen LogP contribution in [0.2, 0.25) is 0 Å². The van der Waals surface area contributed by atoms with E-state index in [0.717, 1.165) is 73.3 Å². The first-order valence-corrected chi connectivity index (χ1v) is 35.4. The summed E-state index contributed by atoms with van der Waals surface area (Å²) in [6.45, 7) is 9.40. The lowest BCUT2D eigenvalue weighted by atomic mass is 9.67. The number of benzene rings is 15. The molecule has 0 heterocycles. The zero-order valence-corrected chi connectivity index (χ0v) is 57.5. The van der Waals surface area contributed by atoms with Crippen LogP contribution < -0.4 is 14.5 Å². The number of aliphatic hydroxyl groups is 1. The van der Waals surface area contributed by atoms with Crippen LogP contribution >= 0.6 is 0 Å². The molecular weight excluding hydrogens is 1240 g/mol. The molecule has 4 heteroatoms. The number of hydrogen-bond donors (Lipinski definition) is 1. The Kier molecular flexibility index (Phi) is 15.1. The zero-order valence-electron chi connectivity index (χ0n) is 57.5. The molecule has 0 spiro atoms. The maximum atomic E-state index is 9.84. The number of hydrogen-bond acceptors (Lipinski definition) is 4. The van der Waals surface area contributed by atoms with E-state index in [1.54, 1.807) is 0 Å². The van der Waals surface area contributed by atoms with Gasteiger partial charge in [0.25, 0.3) is 0 Å². The van der Waals surface area contributed by atoms with Gasteiger partial charge in [0.05, 0.1) is 12.0 Å². The third-order valence-corrected chi connectivity index (χ3v) is 22.0. The van der Waals surface area contributed by atoms with Crippen molar-refractivity contribution >= 4 is 34.1 Å². The SMILES string of the molecule is CC1(C)c2ccccc2-c2ccc(N(c3ccc(-c4ccccc4)cc3)c3ccc(-c4ccc5c(c4)C(c4ccccc4)(c4ccc(Oc6ccc(CO)cc6)cc4)c4cc(-c6ccc(N(c7ccc(-c8ccccc8)cc7)c7ccc8c(c7)C(C)(C)c7ccccc7-8)cc6)ccc4-5)cc3)cc21. The molecular formula is C98H74N2O2. The molecule has 102 heavy (non-hydrogen) atoms. The smallest absolute Gasteiger partial charge is 0.127 e. The van der Waals surface area contributed by atoms with Gasteiger partial charge in [-0.05, 0) is 237 Å². The second-order valence-corrected chi connectivity index (χ2v) is 28.5. The highest BCUT2D eigenvalue weighted by Gasteiger charge is 2.47. The number of anilines is 6. The highest BCUT2D eigenvalue weighted by molar-refractivity contribution is 5.93. The average Bonchev–Trinajstić information content (AvgIpc) is 1.49. The minimum absolute atomic E-state index is 0.0262. The van der Waals surface area contributed by atoms with E-state index in [-0.39, 0.29) is 17.4 Å². The third kappa shape index (κ3) is 10.4. The Bertz CT molecular complexity index is 5360. The monoisotopic (exact) mass is 1310 g/mol. The Morgan fingerprint density at radius 1 is 0.245 bits per heavy atom. The fraction of sp³-hybridized carbons (Fsp3) is 0.0816. The summed E-state index contributed by atoms with van der Waals surface area (Å²) in [5.74, 6) is 1.43. The summed E-state index contributed by atoms with van der Waals surface area (Å²) in [6.07, 6.45) is 0. The van der Waals surface area contributed by atoms with Crippen LogP contribution in [0.5, 0.6) is 11.5 Å². The fourth-order valence-corrected chi connectivity index (χ4v) is 16.8. The van der Waals surface area contributed by atoms with Crippen molar-refractivity contribution in [2.24, 2.45) is 0 Å². The first kappa shape index (κ1) is 62.0. The van der Waals surface area contributed by atoms with E-state index in [4.69, 9.17) is 4.74 Å². The lowest BCUT2D eigenvalue weighted by Crippen LogP contribution is -2.28. The van der Waals surface area contributed by atoms with E-state index in [0.29, 0.717) is 5.75 Å². The highest BCUT2D eigenvalue weighted by Crippen LogP contribution is 2.59. The van der Waals surface area contributed by atoms with Crippen LogP contribution in [0.25, 0.3) is 77.9 Å². The number of fused-ring (bicyclic) bond motifs is 9. The summed E-state index contributed by atoms with van der Waals surface area (Å²) in [5.41, 5.74) is 33.2. The molecule has 0 unspecified atom stereocenters. The Hall–Kier alpha value is -12.3. The molecule has 0 saturated heterocycles. The summed E-state index contributed by atoms with van der Waals surface area (Å²) in [7, 11) is 0. The van der Waals surface area contributed by atoms with Crippen LogP contribution in [0, 0.1) is 0 Å². The van der Waals surface area contributed by atoms with Crippen LogP contribution in [0.15, 0.2) is 358 Å². The summed E-state index contributed by atoms with van der Waals surface area (Å²) in [5, 5.41) is 9.84. The molecule has 488 valence electrons. The Morgan fingerprint density at radius 3 is 0.941 bits per heavy atom. The van der Waals surface area contributed by atoms with Crippen molar-refractivity contribution in [1.82, 2.24) is 0 Å². The standard InChI is InChI=1S/C98H74N2O2/c1-96(2)90-26-16-14-24-84(90)86-58-50-80(62-92(86)96)99(76-42-30-68(31-43-76)66-18-8-5-9-19-66)78-46-34-70(35-47-78)72-38-56-88-89-57-39-73(61-95(89)98(94(88)60-72,74-22-12-7-13-23-74)75-40-54-83(55-41-75)102-82-52-28-65(64-101)29-53-82)71-36-48-79(49-37-71)100(77-44-32-69(33-45-77)67-20-10-6-11-21-67)81-51-59-87-85-25-15-17-27-91(85)97(3,4)93(87)63-81/h5-63,101H,64H2,1-4H3. The average molecular weight is 1310 g/mol.